The van der Waals surface area contributed by atoms with Crippen LogP contribution < -0.4 is 4.90 Å². The zero-order valence-electron chi connectivity index (χ0n) is 18.3. The fourth-order valence-corrected chi connectivity index (χ4v) is 5.92. The van der Waals surface area contributed by atoms with Crippen molar-refractivity contribution in [3.05, 3.63) is 145 Å². The second-order valence-corrected chi connectivity index (χ2v) is 9.74. The lowest BCUT2D eigenvalue weighted by Crippen LogP contribution is -2.10. The van der Waals surface area contributed by atoms with Crippen LogP contribution in [0, 0.1) is 11.6 Å². The van der Waals surface area contributed by atoms with Crippen molar-refractivity contribution >= 4 is 28.0 Å². The molecule has 4 heteroatoms. The summed E-state index contributed by atoms with van der Waals surface area (Å²) in [5, 5.41) is 0. The van der Waals surface area contributed by atoms with Gasteiger partial charge in [-0.3, -0.25) is 0 Å². The number of rotatable bonds is 6. The Bertz CT molecular complexity index is 1250. The maximum Gasteiger partial charge on any atom is 0.166 e. The van der Waals surface area contributed by atoms with Crippen LogP contribution in [-0.4, -0.2) is 0 Å². The monoisotopic (exact) mass is 466 g/mol. The largest absolute Gasteiger partial charge is 0.311 e. The van der Waals surface area contributed by atoms with Crippen molar-refractivity contribution < 1.29 is 8.78 Å². The smallest absolute Gasteiger partial charge is 0.166 e. The van der Waals surface area contributed by atoms with E-state index >= 15 is 0 Å². The first-order valence-corrected chi connectivity index (χ1v) is 12.2. The van der Waals surface area contributed by atoms with E-state index in [4.69, 9.17) is 0 Å². The number of benzene rings is 5. The highest BCUT2D eigenvalue weighted by Crippen LogP contribution is 2.37. The summed E-state index contributed by atoms with van der Waals surface area (Å²) >= 11 is 0. The molecule has 1 nitrogen and oxygen atoms in total. The fraction of sp³-hybridized carbons (Fsp3) is 0. The van der Waals surface area contributed by atoms with E-state index in [2.05, 4.69) is 53.4 Å². The van der Waals surface area contributed by atoms with Gasteiger partial charge in [-0.25, -0.2) is 8.78 Å². The number of anilines is 3. The highest BCUT2D eigenvalue weighted by atomic mass is 32.2. The second kappa shape index (κ2) is 9.94. The molecule has 5 aromatic rings. The molecule has 0 saturated heterocycles. The van der Waals surface area contributed by atoms with Crippen molar-refractivity contribution in [1.82, 2.24) is 0 Å². The first-order valence-electron chi connectivity index (χ1n) is 10.9. The van der Waals surface area contributed by atoms with Crippen molar-refractivity contribution in [1.29, 1.82) is 0 Å². The first-order chi connectivity index (χ1) is 16.7. The van der Waals surface area contributed by atoms with E-state index in [-0.39, 0.29) is 11.6 Å². The minimum absolute atomic E-state index is 0.275. The van der Waals surface area contributed by atoms with Gasteiger partial charge in [0.15, 0.2) is 14.7 Å². The van der Waals surface area contributed by atoms with Crippen molar-refractivity contribution in [2.45, 2.75) is 14.7 Å². The van der Waals surface area contributed by atoms with Crippen LogP contribution in [0.1, 0.15) is 0 Å². The van der Waals surface area contributed by atoms with Gasteiger partial charge >= 0.3 is 0 Å². The number of hydrogen-bond donors (Lipinski definition) is 0. The highest BCUT2D eigenvalue weighted by Gasteiger charge is 2.29. The third kappa shape index (κ3) is 4.73. The van der Waals surface area contributed by atoms with Crippen LogP contribution in [0.2, 0.25) is 0 Å². The standard InChI is InChI=1S/C30H22F2NS/c31-23-11-17-28(18-12-23)34(29-19-13-24(32)14-20-29)30-21-15-27(16-22-30)33(25-7-3-1-4-8-25)26-9-5-2-6-10-26/h1-22H/q+1. The Morgan fingerprint density at radius 1 is 0.382 bits per heavy atom. The van der Waals surface area contributed by atoms with Gasteiger partial charge in [0.05, 0.1) is 10.9 Å². The summed E-state index contributed by atoms with van der Waals surface area (Å²) in [4.78, 5) is 5.23. The number of hydrogen-bond acceptors (Lipinski definition) is 1. The summed E-state index contributed by atoms with van der Waals surface area (Å²) in [5.41, 5.74) is 3.16. The van der Waals surface area contributed by atoms with Crippen molar-refractivity contribution in [3.63, 3.8) is 0 Å². The molecule has 5 aromatic carbocycles. The van der Waals surface area contributed by atoms with Gasteiger partial charge in [0, 0.05) is 17.1 Å². The summed E-state index contributed by atoms with van der Waals surface area (Å²) < 4.78 is 27.2. The number of para-hydroxylation sites is 2. The fourth-order valence-electron chi connectivity index (χ4n) is 3.88. The summed E-state index contributed by atoms with van der Waals surface area (Å²) in [6.07, 6.45) is 0. The van der Waals surface area contributed by atoms with Gasteiger partial charge in [0.2, 0.25) is 0 Å². The Morgan fingerprint density at radius 3 is 1.09 bits per heavy atom. The van der Waals surface area contributed by atoms with Gasteiger partial charge in [-0.15, -0.1) is 0 Å². The molecular formula is C30H22F2NS+. The average Bonchev–Trinajstić information content (AvgIpc) is 2.89. The van der Waals surface area contributed by atoms with Crippen LogP contribution >= 0.6 is 0 Å². The third-order valence-electron chi connectivity index (χ3n) is 5.46. The van der Waals surface area contributed by atoms with E-state index in [0.717, 1.165) is 31.7 Å². The predicted molar refractivity (Wildman–Crippen MR) is 136 cm³/mol. The van der Waals surface area contributed by atoms with Gasteiger partial charge in [0.25, 0.3) is 0 Å². The Labute approximate surface area is 201 Å². The van der Waals surface area contributed by atoms with Gasteiger partial charge in [0.1, 0.15) is 11.6 Å². The van der Waals surface area contributed by atoms with Crippen LogP contribution in [0.25, 0.3) is 0 Å². The maximum absolute atomic E-state index is 13.6. The summed E-state index contributed by atoms with van der Waals surface area (Å²) in [6, 6.07) is 42.0. The van der Waals surface area contributed by atoms with Crippen LogP contribution in [0.4, 0.5) is 25.8 Å². The molecular weight excluding hydrogens is 444 g/mol. The Morgan fingerprint density at radius 2 is 0.706 bits per heavy atom. The molecule has 0 saturated carbocycles. The quantitative estimate of drug-likeness (QED) is 0.227. The van der Waals surface area contributed by atoms with E-state index < -0.39 is 10.9 Å². The second-order valence-electron chi connectivity index (χ2n) is 7.71. The molecule has 0 N–H and O–H groups in total. The van der Waals surface area contributed by atoms with Crippen molar-refractivity contribution in [2.75, 3.05) is 4.90 Å². The molecule has 0 radical (unpaired) electrons. The van der Waals surface area contributed by atoms with Crippen LogP contribution in [0.3, 0.4) is 0 Å². The zero-order chi connectivity index (χ0) is 23.3. The third-order valence-corrected chi connectivity index (χ3v) is 7.69. The van der Waals surface area contributed by atoms with E-state index in [9.17, 15) is 8.78 Å². The average molecular weight is 467 g/mol. The van der Waals surface area contributed by atoms with E-state index in [0.29, 0.717) is 0 Å². The molecule has 34 heavy (non-hydrogen) atoms. The molecule has 0 fully saturated rings. The molecule has 0 aliphatic heterocycles. The molecule has 0 heterocycles. The minimum Gasteiger partial charge on any atom is -0.311 e. The topological polar surface area (TPSA) is 3.24 Å². The van der Waals surface area contributed by atoms with Crippen molar-refractivity contribution in [3.8, 4) is 0 Å². The molecule has 0 atom stereocenters. The van der Waals surface area contributed by atoms with Gasteiger partial charge < -0.3 is 4.90 Å². The molecule has 0 aliphatic rings. The first kappa shape index (κ1) is 21.9. The zero-order valence-corrected chi connectivity index (χ0v) is 19.1. The number of nitrogens with zero attached hydrogens (tertiary/aromatic N) is 1. The Kier molecular flexibility index (Phi) is 6.41. The molecule has 0 bridgehead atoms. The van der Waals surface area contributed by atoms with Gasteiger partial charge in [-0.1, -0.05) is 36.4 Å². The van der Waals surface area contributed by atoms with Crippen LogP contribution in [0.5, 0.6) is 0 Å². The molecule has 0 unspecified atom stereocenters. The lowest BCUT2D eigenvalue weighted by Gasteiger charge is -2.25. The highest BCUT2D eigenvalue weighted by molar-refractivity contribution is 7.97. The molecule has 0 aromatic heterocycles. The molecule has 0 spiro atoms. The van der Waals surface area contributed by atoms with E-state index in [1.165, 1.54) is 24.3 Å². The van der Waals surface area contributed by atoms with E-state index in [1.807, 2.05) is 36.4 Å². The van der Waals surface area contributed by atoms with Gasteiger partial charge in [-0.2, -0.15) is 0 Å². The van der Waals surface area contributed by atoms with Gasteiger partial charge in [-0.05, 0) is 97.1 Å². The van der Waals surface area contributed by atoms with Crippen LogP contribution in [0.15, 0.2) is 148 Å². The molecule has 0 amide bonds. The summed E-state index contributed by atoms with van der Waals surface area (Å²) in [5.74, 6) is -0.550. The number of halogens is 2. The maximum atomic E-state index is 13.6. The Hall–Kier alpha value is -3.89. The summed E-state index contributed by atoms with van der Waals surface area (Å²) in [6.45, 7) is 0. The predicted octanol–water partition coefficient (Wildman–Crippen LogP) is 8.53. The van der Waals surface area contributed by atoms with Crippen LogP contribution in [-0.2, 0) is 10.9 Å². The molecule has 0 aliphatic carbocycles. The Balaban J connectivity index is 1.57. The normalized spacial score (nSPS) is 10.9. The lowest BCUT2D eigenvalue weighted by molar-refractivity contribution is 0.626. The lowest BCUT2D eigenvalue weighted by atomic mass is 10.2. The SMILES string of the molecule is Fc1ccc([S+](c2ccc(F)cc2)c2ccc(N(c3ccccc3)c3ccccc3)cc2)cc1. The molecule has 5 rings (SSSR count). The minimum atomic E-state index is -0.493. The van der Waals surface area contributed by atoms with Crippen molar-refractivity contribution in [2.24, 2.45) is 0 Å². The summed E-state index contributed by atoms with van der Waals surface area (Å²) in [7, 11) is -0.493. The molecule has 166 valence electrons. The van der Waals surface area contributed by atoms with E-state index in [1.54, 1.807) is 24.3 Å².